The highest BCUT2D eigenvalue weighted by molar-refractivity contribution is 7.15. The normalized spacial score (nSPS) is 11.4. The zero-order valence-electron chi connectivity index (χ0n) is 17.5. The van der Waals surface area contributed by atoms with Gasteiger partial charge < -0.3 is 9.15 Å². The number of aromatic nitrogens is 1. The van der Waals surface area contributed by atoms with Crippen LogP contribution in [0.1, 0.15) is 38.0 Å². The smallest absolute Gasteiger partial charge is 0.416 e. The van der Waals surface area contributed by atoms with Crippen molar-refractivity contribution in [3.8, 4) is 5.75 Å². The lowest BCUT2D eigenvalue weighted by atomic mass is 10.1. The van der Waals surface area contributed by atoms with Gasteiger partial charge in [-0.15, -0.1) is 11.3 Å². The number of rotatable bonds is 7. The predicted octanol–water partition coefficient (Wildman–Crippen LogP) is 6.49. The van der Waals surface area contributed by atoms with Crippen molar-refractivity contribution in [1.82, 2.24) is 4.98 Å². The van der Waals surface area contributed by atoms with Crippen molar-refractivity contribution in [3.63, 3.8) is 0 Å². The first kappa shape index (κ1) is 22.6. The Kier molecular flexibility index (Phi) is 6.50. The molecule has 1 N–H and O–H groups in total. The van der Waals surface area contributed by atoms with E-state index in [0.29, 0.717) is 27.9 Å². The largest absolute Gasteiger partial charge is 0.486 e. The van der Waals surface area contributed by atoms with Gasteiger partial charge in [0, 0.05) is 11.3 Å². The second-order valence-corrected chi connectivity index (χ2v) is 8.31. The molecule has 5 nitrogen and oxygen atoms in total. The summed E-state index contributed by atoms with van der Waals surface area (Å²) in [5.41, 5.74) is 0.466. The molecule has 0 unspecified atom stereocenters. The highest BCUT2D eigenvalue weighted by Crippen LogP contribution is 2.31. The summed E-state index contributed by atoms with van der Waals surface area (Å²) < 4.78 is 50.0. The van der Waals surface area contributed by atoms with Crippen molar-refractivity contribution in [2.75, 3.05) is 5.32 Å². The molecule has 2 aromatic heterocycles. The van der Waals surface area contributed by atoms with Crippen LogP contribution in [0.5, 0.6) is 5.75 Å². The number of hydrogen-bond acceptors (Lipinski definition) is 5. The standard InChI is InChI=1S/C24H19F3N2O3S/c1-15-21(13-16-6-5-7-17(12-16)24(25,26)27)33-23(28-15)29-22(30)20-11-10-19(32-20)14-31-18-8-3-2-4-9-18/h2-12H,13-14H2,1H3,(H,28,29,30). The van der Waals surface area contributed by atoms with E-state index in [1.165, 1.54) is 17.4 Å². The summed E-state index contributed by atoms with van der Waals surface area (Å²) in [7, 11) is 0. The maximum atomic E-state index is 13.0. The van der Waals surface area contributed by atoms with Crippen molar-refractivity contribution in [2.24, 2.45) is 0 Å². The number of halogens is 3. The molecule has 1 amide bonds. The second kappa shape index (κ2) is 9.50. The molecule has 2 heterocycles. The van der Waals surface area contributed by atoms with Crippen LogP contribution in [-0.4, -0.2) is 10.9 Å². The predicted molar refractivity (Wildman–Crippen MR) is 119 cm³/mol. The number of hydrogen-bond donors (Lipinski definition) is 1. The number of nitrogens with one attached hydrogen (secondary N) is 1. The minimum atomic E-state index is -4.40. The minimum Gasteiger partial charge on any atom is -0.486 e. The number of para-hydroxylation sites is 1. The highest BCUT2D eigenvalue weighted by Gasteiger charge is 2.30. The van der Waals surface area contributed by atoms with Gasteiger partial charge in [-0.1, -0.05) is 36.4 Å². The fourth-order valence-electron chi connectivity index (χ4n) is 3.10. The molecule has 4 rings (SSSR count). The molecule has 0 saturated heterocycles. The van der Waals surface area contributed by atoms with E-state index >= 15 is 0 Å². The van der Waals surface area contributed by atoms with E-state index in [-0.39, 0.29) is 18.8 Å². The summed E-state index contributed by atoms with van der Waals surface area (Å²) in [6.07, 6.45) is -4.11. The molecule has 0 aliphatic heterocycles. The molecular formula is C24H19F3N2O3S. The van der Waals surface area contributed by atoms with Gasteiger partial charge in [0.1, 0.15) is 18.1 Å². The van der Waals surface area contributed by atoms with Gasteiger partial charge in [-0.05, 0) is 42.8 Å². The van der Waals surface area contributed by atoms with E-state index in [0.717, 1.165) is 17.0 Å². The number of nitrogens with zero attached hydrogens (tertiary/aromatic N) is 1. The van der Waals surface area contributed by atoms with Gasteiger partial charge in [0.25, 0.3) is 5.91 Å². The van der Waals surface area contributed by atoms with Crippen LogP contribution in [0.15, 0.2) is 71.1 Å². The minimum absolute atomic E-state index is 0.106. The van der Waals surface area contributed by atoms with Gasteiger partial charge >= 0.3 is 6.18 Å². The van der Waals surface area contributed by atoms with E-state index in [4.69, 9.17) is 9.15 Å². The van der Waals surface area contributed by atoms with Crippen LogP contribution < -0.4 is 10.1 Å². The fraction of sp³-hybridized carbons (Fsp3) is 0.167. The van der Waals surface area contributed by atoms with E-state index in [2.05, 4.69) is 10.3 Å². The van der Waals surface area contributed by atoms with Crippen LogP contribution in [0.3, 0.4) is 0 Å². The van der Waals surface area contributed by atoms with Gasteiger partial charge in [-0.25, -0.2) is 4.98 Å². The quantitative estimate of drug-likeness (QED) is 0.334. The summed E-state index contributed by atoms with van der Waals surface area (Å²) in [6, 6.07) is 17.6. The third-order valence-electron chi connectivity index (χ3n) is 4.74. The number of aryl methyl sites for hydroxylation is 1. The number of thiazole rings is 1. The zero-order chi connectivity index (χ0) is 23.4. The Morgan fingerprint density at radius 2 is 1.88 bits per heavy atom. The SMILES string of the molecule is Cc1nc(NC(=O)c2ccc(COc3ccccc3)o2)sc1Cc1cccc(C(F)(F)F)c1. The molecule has 9 heteroatoms. The van der Waals surface area contributed by atoms with Crippen molar-refractivity contribution in [1.29, 1.82) is 0 Å². The van der Waals surface area contributed by atoms with Gasteiger partial charge in [-0.3, -0.25) is 10.1 Å². The number of carbonyl (C=O) groups is 1. The van der Waals surface area contributed by atoms with Gasteiger partial charge in [0.05, 0.1) is 11.3 Å². The highest BCUT2D eigenvalue weighted by atomic mass is 32.1. The summed E-state index contributed by atoms with van der Waals surface area (Å²) in [5.74, 6) is 0.810. The second-order valence-electron chi connectivity index (χ2n) is 7.22. The monoisotopic (exact) mass is 472 g/mol. The first-order valence-electron chi connectivity index (χ1n) is 9.98. The number of alkyl halides is 3. The third kappa shape index (κ3) is 5.81. The Balaban J connectivity index is 1.39. The maximum absolute atomic E-state index is 13.0. The molecule has 0 spiro atoms. The molecule has 0 bridgehead atoms. The molecule has 4 aromatic rings. The van der Waals surface area contributed by atoms with Gasteiger partial charge in [0.2, 0.25) is 0 Å². The van der Waals surface area contributed by atoms with E-state index < -0.39 is 17.6 Å². The van der Waals surface area contributed by atoms with Crippen LogP contribution in [-0.2, 0) is 19.2 Å². The summed E-state index contributed by atoms with van der Waals surface area (Å²) >= 11 is 1.21. The molecule has 33 heavy (non-hydrogen) atoms. The summed E-state index contributed by atoms with van der Waals surface area (Å²) in [5, 5.41) is 3.03. The van der Waals surface area contributed by atoms with Crippen LogP contribution >= 0.6 is 11.3 Å². The average molecular weight is 472 g/mol. The van der Waals surface area contributed by atoms with E-state index in [1.54, 1.807) is 25.1 Å². The Bertz CT molecular complexity index is 1250. The topological polar surface area (TPSA) is 64.4 Å². The third-order valence-corrected chi connectivity index (χ3v) is 5.81. The number of furan rings is 1. The number of anilines is 1. The Hall–Kier alpha value is -3.59. The molecule has 0 atom stereocenters. The number of carbonyl (C=O) groups excluding carboxylic acids is 1. The molecule has 2 aromatic carbocycles. The number of amides is 1. The van der Waals surface area contributed by atoms with Crippen molar-refractivity contribution < 1.29 is 27.1 Å². The summed E-state index contributed by atoms with van der Waals surface area (Å²) in [4.78, 5) is 17.6. The lowest BCUT2D eigenvalue weighted by Gasteiger charge is -2.08. The molecular weight excluding hydrogens is 453 g/mol. The molecule has 0 radical (unpaired) electrons. The Morgan fingerprint density at radius 3 is 2.64 bits per heavy atom. The van der Waals surface area contributed by atoms with Crippen LogP contribution in [0, 0.1) is 6.92 Å². The van der Waals surface area contributed by atoms with Crippen LogP contribution in [0.4, 0.5) is 18.3 Å². The maximum Gasteiger partial charge on any atom is 0.416 e. The van der Waals surface area contributed by atoms with Gasteiger partial charge in [0.15, 0.2) is 10.9 Å². The Morgan fingerprint density at radius 1 is 1.09 bits per heavy atom. The molecule has 0 aliphatic rings. The zero-order valence-corrected chi connectivity index (χ0v) is 18.3. The van der Waals surface area contributed by atoms with Crippen LogP contribution in [0.2, 0.25) is 0 Å². The van der Waals surface area contributed by atoms with Crippen molar-refractivity contribution in [2.45, 2.75) is 26.1 Å². The molecule has 0 aliphatic carbocycles. The molecule has 0 saturated carbocycles. The lowest BCUT2D eigenvalue weighted by Crippen LogP contribution is -2.10. The van der Waals surface area contributed by atoms with E-state index in [1.807, 2.05) is 30.3 Å². The van der Waals surface area contributed by atoms with Crippen molar-refractivity contribution >= 4 is 22.4 Å². The number of benzene rings is 2. The molecule has 170 valence electrons. The first-order chi connectivity index (χ1) is 15.8. The fourth-order valence-corrected chi connectivity index (χ4v) is 4.09. The van der Waals surface area contributed by atoms with Crippen LogP contribution in [0.25, 0.3) is 0 Å². The van der Waals surface area contributed by atoms with Crippen molar-refractivity contribution in [3.05, 3.63) is 99.9 Å². The molecule has 0 fully saturated rings. The summed E-state index contributed by atoms with van der Waals surface area (Å²) in [6.45, 7) is 1.93. The number of ether oxygens (including phenoxy) is 1. The lowest BCUT2D eigenvalue weighted by molar-refractivity contribution is -0.137. The first-order valence-corrected chi connectivity index (χ1v) is 10.8. The van der Waals surface area contributed by atoms with Gasteiger partial charge in [-0.2, -0.15) is 13.2 Å². The van der Waals surface area contributed by atoms with E-state index in [9.17, 15) is 18.0 Å². The Labute approximate surface area is 191 Å². The average Bonchev–Trinajstić information content (AvgIpc) is 3.39.